The second kappa shape index (κ2) is 7.85. The van der Waals surface area contributed by atoms with Crippen molar-refractivity contribution in [2.24, 2.45) is 0 Å². The molecule has 0 aliphatic heterocycles. The Morgan fingerprint density at radius 1 is 1.09 bits per heavy atom. The molecule has 3 nitrogen and oxygen atoms in total. The van der Waals surface area contributed by atoms with E-state index in [0.717, 1.165) is 12.0 Å². The van der Waals surface area contributed by atoms with Gasteiger partial charge in [0.2, 0.25) is 0 Å². The van der Waals surface area contributed by atoms with Crippen LogP contribution < -0.4 is 4.74 Å². The van der Waals surface area contributed by atoms with Crippen molar-refractivity contribution < 1.29 is 14.3 Å². The highest BCUT2D eigenvalue weighted by molar-refractivity contribution is 6.30. The van der Waals surface area contributed by atoms with Gasteiger partial charge in [-0.2, -0.15) is 0 Å². The quantitative estimate of drug-likeness (QED) is 0.712. The van der Waals surface area contributed by atoms with Crippen LogP contribution in [0.3, 0.4) is 0 Å². The zero-order valence-corrected chi connectivity index (χ0v) is 13.5. The lowest BCUT2D eigenvalue weighted by Crippen LogP contribution is -2.13. The zero-order chi connectivity index (χ0) is 15.9. The Morgan fingerprint density at radius 2 is 1.73 bits per heavy atom. The van der Waals surface area contributed by atoms with Gasteiger partial charge in [0.1, 0.15) is 12.4 Å². The molecule has 0 bridgehead atoms. The highest BCUT2D eigenvalue weighted by atomic mass is 35.5. The Morgan fingerprint density at radius 3 is 2.32 bits per heavy atom. The van der Waals surface area contributed by atoms with Gasteiger partial charge < -0.3 is 9.47 Å². The summed E-state index contributed by atoms with van der Waals surface area (Å²) in [5.41, 5.74) is 1.56. The van der Waals surface area contributed by atoms with Crippen LogP contribution in [0, 0.1) is 0 Å². The summed E-state index contributed by atoms with van der Waals surface area (Å²) in [7, 11) is 0. The molecule has 0 aromatic heterocycles. The van der Waals surface area contributed by atoms with Crippen LogP contribution in [0.5, 0.6) is 5.75 Å². The van der Waals surface area contributed by atoms with Crippen LogP contribution in [-0.4, -0.2) is 12.1 Å². The fourth-order valence-corrected chi connectivity index (χ4v) is 1.89. The molecule has 0 spiro atoms. The Labute approximate surface area is 135 Å². The van der Waals surface area contributed by atoms with Gasteiger partial charge in [0.25, 0.3) is 0 Å². The maximum Gasteiger partial charge on any atom is 0.338 e. The SMILES string of the molecule is CCC(C)OC(=O)c1ccc(OCc2ccc(Cl)cc2)cc1. The van der Waals surface area contributed by atoms with Gasteiger partial charge in [0.15, 0.2) is 0 Å². The third-order valence-electron chi connectivity index (χ3n) is 3.29. The molecule has 0 amide bonds. The van der Waals surface area contributed by atoms with Gasteiger partial charge in [-0.1, -0.05) is 30.7 Å². The van der Waals surface area contributed by atoms with E-state index >= 15 is 0 Å². The van der Waals surface area contributed by atoms with Gasteiger partial charge in [-0.3, -0.25) is 0 Å². The van der Waals surface area contributed by atoms with Crippen LogP contribution in [0.2, 0.25) is 5.02 Å². The molecular formula is C18H19ClO3. The molecule has 0 N–H and O–H groups in total. The second-order valence-electron chi connectivity index (χ2n) is 5.06. The number of carbonyl (C=O) groups excluding carboxylic acids is 1. The first-order valence-corrected chi connectivity index (χ1v) is 7.64. The molecule has 0 heterocycles. The van der Waals surface area contributed by atoms with E-state index in [4.69, 9.17) is 21.1 Å². The maximum absolute atomic E-state index is 11.9. The van der Waals surface area contributed by atoms with E-state index in [1.54, 1.807) is 24.3 Å². The van der Waals surface area contributed by atoms with Crippen LogP contribution in [0.4, 0.5) is 0 Å². The lowest BCUT2D eigenvalue weighted by atomic mass is 10.2. The summed E-state index contributed by atoms with van der Waals surface area (Å²) in [4.78, 5) is 11.9. The smallest absolute Gasteiger partial charge is 0.338 e. The lowest BCUT2D eigenvalue weighted by Gasteiger charge is -2.11. The van der Waals surface area contributed by atoms with E-state index < -0.39 is 0 Å². The van der Waals surface area contributed by atoms with E-state index in [0.29, 0.717) is 22.9 Å². The molecule has 0 aliphatic rings. The first-order valence-electron chi connectivity index (χ1n) is 7.26. The number of benzene rings is 2. The van der Waals surface area contributed by atoms with E-state index in [1.807, 2.05) is 38.1 Å². The molecule has 22 heavy (non-hydrogen) atoms. The van der Waals surface area contributed by atoms with Crippen LogP contribution in [0.1, 0.15) is 36.2 Å². The van der Waals surface area contributed by atoms with Gasteiger partial charge in [-0.05, 0) is 55.3 Å². The number of rotatable bonds is 6. The normalized spacial score (nSPS) is 11.8. The predicted octanol–water partition coefficient (Wildman–Crippen LogP) is 4.87. The first-order chi connectivity index (χ1) is 10.6. The summed E-state index contributed by atoms with van der Waals surface area (Å²) in [6, 6.07) is 14.4. The number of halogens is 1. The standard InChI is InChI=1S/C18H19ClO3/c1-3-13(2)22-18(20)15-6-10-17(11-7-15)21-12-14-4-8-16(19)9-5-14/h4-11,13H,3,12H2,1-2H3. The van der Waals surface area contributed by atoms with Crippen LogP contribution in [0.15, 0.2) is 48.5 Å². The van der Waals surface area contributed by atoms with Crippen molar-refractivity contribution in [1.82, 2.24) is 0 Å². The molecule has 116 valence electrons. The summed E-state index contributed by atoms with van der Waals surface area (Å²) in [5, 5.41) is 0.702. The summed E-state index contributed by atoms with van der Waals surface area (Å²) < 4.78 is 10.9. The fourth-order valence-electron chi connectivity index (χ4n) is 1.77. The summed E-state index contributed by atoms with van der Waals surface area (Å²) in [6.07, 6.45) is 0.724. The molecule has 2 aromatic carbocycles. The van der Waals surface area contributed by atoms with Gasteiger partial charge in [0.05, 0.1) is 11.7 Å². The fraction of sp³-hybridized carbons (Fsp3) is 0.278. The summed E-state index contributed by atoms with van der Waals surface area (Å²) >= 11 is 5.84. The topological polar surface area (TPSA) is 35.5 Å². The third-order valence-corrected chi connectivity index (χ3v) is 3.54. The van der Waals surface area contributed by atoms with E-state index in [2.05, 4.69) is 0 Å². The zero-order valence-electron chi connectivity index (χ0n) is 12.7. The molecule has 1 atom stereocenters. The van der Waals surface area contributed by atoms with Gasteiger partial charge in [-0.25, -0.2) is 4.79 Å². The minimum atomic E-state index is -0.307. The van der Waals surface area contributed by atoms with E-state index in [9.17, 15) is 4.79 Å². The number of hydrogen-bond acceptors (Lipinski definition) is 3. The monoisotopic (exact) mass is 318 g/mol. The molecule has 2 aromatic rings. The molecule has 4 heteroatoms. The van der Waals surface area contributed by atoms with Gasteiger partial charge in [0, 0.05) is 5.02 Å². The van der Waals surface area contributed by atoms with Gasteiger partial charge in [-0.15, -0.1) is 0 Å². The Bertz CT molecular complexity index is 605. The second-order valence-corrected chi connectivity index (χ2v) is 5.50. The minimum Gasteiger partial charge on any atom is -0.489 e. The largest absolute Gasteiger partial charge is 0.489 e. The highest BCUT2D eigenvalue weighted by Crippen LogP contribution is 2.16. The maximum atomic E-state index is 11.9. The third kappa shape index (κ3) is 4.78. The molecule has 0 radical (unpaired) electrons. The molecule has 0 saturated carbocycles. The molecule has 0 fully saturated rings. The van der Waals surface area contributed by atoms with Crippen molar-refractivity contribution in [2.45, 2.75) is 33.0 Å². The Hall–Kier alpha value is -2.00. The van der Waals surface area contributed by atoms with Crippen molar-refractivity contribution >= 4 is 17.6 Å². The van der Waals surface area contributed by atoms with Crippen LogP contribution in [-0.2, 0) is 11.3 Å². The molecule has 1 unspecified atom stereocenters. The highest BCUT2D eigenvalue weighted by Gasteiger charge is 2.10. The molecule has 0 saturated heterocycles. The van der Waals surface area contributed by atoms with Crippen molar-refractivity contribution in [3.8, 4) is 5.75 Å². The number of hydrogen-bond donors (Lipinski definition) is 0. The van der Waals surface area contributed by atoms with Crippen molar-refractivity contribution in [3.05, 3.63) is 64.7 Å². The van der Waals surface area contributed by atoms with E-state index in [1.165, 1.54) is 0 Å². The lowest BCUT2D eigenvalue weighted by molar-refractivity contribution is 0.0334. The molecule has 2 rings (SSSR count). The van der Waals surface area contributed by atoms with Crippen molar-refractivity contribution in [2.75, 3.05) is 0 Å². The number of ether oxygens (including phenoxy) is 2. The van der Waals surface area contributed by atoms with Gasteiger partial charge >= 0.3 is 5.97 Å². The van der Waals surface area contributed by atoms with Crippen molar-refractivity contribution in [1.29, 1.82) is 0 Å². The first kappa shape index (κ1) is 16.4. The average Bonchev–Trinajstić information content (AvgIpc) is 2.54. The number of esters is 1. The average molecular weight is 319 g/mol. The predicted molar refractivity (Wildman–Crippen MR) is 87.4 cm³/mol. The summed E-state index contributed by atoms with van der Waals surface area (Å²) in [6.45, 7) is 4.31. The number of carbonyl (C=O) groups is 1. The molecular weight excluding hydrogens is 300 g/mol. The summed E-state index contributed by atoms with van der Waals surface area (Å²) in [5.74, 6) is 0.397. The Kier molecular flexibility index (Phi) is 5.84. The Balaban J connectivity index is 1.91. The van der Waals surface area contributed by atoms with Crippen molar-refractivity contribution in [3.63, 3.8) is 0 Å². The van der Waals surface area contributed by atoms with Crippen LogP contribution in [0.25, 0.3) is 0 Å². The van der Waals surface area contributed by atoms with E-state index in [-0.39, 0.29) is 12.1 Å². The van der Waals surface area contributed by atoms with Crippen LogP contribution >= 0.6 is 11.6 Å². The molecule has 0 aliphatic carbocycles. The minimum absolute atomic E-state index is 0.0756.